The van der Waals surface area contributed by atoms with Gasteiger partial charge in [0.25, 0.3) is 0 Å². The van der Waals surface area contributed by atoms with E-state index in [1.54, 1.807) is 0 Å². The summed E-state index contributed by atoms with van der Waals surface area (Å²) < 4.78 is 5.35. The first kappa shape index (κ1) is 9.07. The maximum Gasteiger partial charge on any atom is 0.122 e. The normalized spacial score (nSPS) is 9.92. The van der Waals surface area contributed by atoms with E-state index in [1.807, 2.05) is 32.0 Å². The number of rotatable bonds is 3. The summed E-state index contributed by atoms with van der Waals surface area (Å²) in [5.41, 5.74) is 1.78. The zero-order valence-electron chi connectivity index (χ0n) is 7.37. The van der Waals surface area contributed by atoms with Gasteiger partial charge in [-0.15, -0.1) is 0 Å². The van der Waals surface area contributed by atoms with Crippen LogP contribution in [0, 0.1) is 13.5 Å². The Balaban J connectivity index is 2.97. The van der Waals surface area contributed by atoms with Crippen LogP contribution >= 0.6 is 0 Å². The van der Waals surface area contributed by atoms with Gasteiger partial charge >= 0.3 is 0 Å². The van der Waals surface area contributed by atoms with Crippen molar-refractivity contribution in [1.29, 1.82) is 0 Å². The fourth-order valence-corrected chi connectivity index (χ4v) is 1.08. The zero-order valence-corrected chi connectivity index (χ0v) is 7.37. The highest BCUT2D eigenvalue weighted by Crippen LogP contribution is 2.21. The lowest BCUT2D eigenvalue weighted by Crippen LogP contribution is -1.96. The molecule has 0 fully saturated rings. The molecule has 0 aliphatic carbocycles. The summed E-state index contributed by atoms with van der Waals surface area (Å²) in [6.45, 7) is 5.61. The van der Waals surface area contributed by atoms with Crippen LogP contribution in [-0.4, -0.2) is 11.7 Å². The van der Waals surface area contributed by atoms with Crippen molar-refractivity contribution in [3.8, 4) is 5.75 Å². The summed E-state index contributed by atoms with van der Waals surface area (Å²) >= 11 is 0. The van der Waals surface area contributed by atoms with Crippen molar-refractivity contribution in [2.75, 3.05) is 6.61 Å². The van der Waals surface area contributed by atoms with Crippen LogP contribution in [0.3, 0.4) is 0 Å². The van der Waals surface area contributed by atoms with Gasteiger partial charge in [0, 0.05) is 0 Å². The molecule has 12 heavy (non-hydrogen) atoms. The summed E-state index contributed by atoms with van der Waals surface area (Å²) in [5.74, 6) is 0.834. The molecule has 2 heteroatoms. The van der Waals surface area contributed by atoms with Gasteiger partial charge in [0.2, 0.25) is 0 Å². The van der Waals surface area contributed by atoms with E-state index < -0.39 is 0 Å². The first-order chi connectivity index (χ1) is 5.79. The number of hydrogen-bond acceptors (Lipinski definition) is 2. The lowest BCUT2D eigenvalue weighted by atomic mass is 10.1. The lowest BCUT2D eigenvalue weighted by Gasteiger charge is -2.08. The highest BCUT2D eigenvalue weighted by atomic mass is 16.5. The quantitative estimate of drug-likeness (QED) is 0.744. The van der Waals surface area contributed by atoms with E-state index in [-0.39, 0.29) is 0 Å². The Morgan fingerprint density at radius 2 is 2.25 bits per heavy atom. The van der Waals surface area contributed by atoms with E-state index in [4.69, 9.17) is 9.84 Å². The molecule has 0 amide bonds. The summed E-state index contributed by atoms with van der Waals surface area (Å²) in [5, 5.41) is 8.83. The van der Waals surface area contributed by atoms with E-state index in [0.717, 1.165) is 23.5 Å². The molecule has 0 saturated carbocycles. The third kappa shape index (κ3) is 1.77. The molecule has 0 atom stereocenters. The second-order valence-electron chi connectivity index (χ2n) is 2.53. The molecule has 1 rings (SSSR count). The highest BCUT2D eigenvalue weighted by Gasteiger charge is 2.02. The molecule has 0 aliphatic rings. The smallest absolute Gasteiger partial charge is 0.122 e. The van der Waals surface area contributed by atoms with Gasteiger partial charge < -0.3 is 9.84 Å². The van der Waals surface area contributed by atoms with Crippen LogP contribution in [0.25, 0.3) is 0 Å². The summed E-state index contributed by atoms with van der Waals surface area (Å²) in [4.78, 5) is 0. The highest BCUT2D eigenvalue weighted by molar-refractivity contribution is 5.41. The minimum absolute atomic E-state index is 0.649. The van der Waals surface area contributed by atoms with Gasteiger partial charge in [-0.2, -0.15) is 0 Å². The Bertz CT molecular complexity index is 256. The minimum Gasteiger partial charge on any atom is -0.494 e. The van der Waals surface area contributed by atoms with Gasteiger partial charge in [0.1, 0.15) is 12.4 Å². The van der Waals surface area contributed by atoms with Crippen molar-refractivity contribution in [3.63, 3.8) is 0 Å². The maximum absolute atomic E-state index is 8.83. The van der Waals surface area contributed by atoms with Crippen molar-refractivity contribution in [2.45, 2.75) is 13.8 Å². The molecule has 1 aromatic rings. The van der Waals surface area contributed by atoms with Crippen molar-refractivity contribution in [1.82, 2.24) is 0 Å². The van der Waals surface area contributed by atoms with Gasteiger partial charge in [-0.25, -0.2) is 0 Å². The van der Waals surface area contributed by atoms with Crippen molar-refractivity contribution in [3.05, 3.63) is 35.9 Å². The average Bonchev–Trinajstić information content (AvgIpc) is 2.09. The van der Waals surface area contributed by atoms with Gasteiger partial charge in [-0.05, 0) is 31.0 Å². The zero-order chi connectivity index (χ0) is 8.97. The second-order valence-corrected chi connectivity index (χ2v) is 2.53. The van der Waals surface area contributed by atoms with E-state index in [0.29, 0.717) is 6.61 Å². The molecular weight excluding hydrogens is 152 g/mol. The SMILES string of the molecule is CCOc1cccc([CH]O)c1C. The molecule has 0 aromatic heterocycles. The van der Waals surface area contributed by atoms with Crippen LogP contribution in [0.15, 0.2) is 18.2 Å². The fourth-order valence-electron chi connectivity index (χ4n) is 1.08. The molecule has 0 unspecified atom stereocenters. The Morgan fingerprint density at radius 3 is 2.83 bits per heavy atom. The molecule has 0 spiro atoms. The van der Waals surface area contributed by atoms with Gasteiger partial charge in [0.05, 0.1) is 6.61 Å². The number of hydrogen-bond donors (Lipinski definition) is 1. The van der Waals surface area contributed by atoms with Crippen LogP contribution in [-0.2, 0) is 0 Å². The maximum atomic E-state index is 8.83. The van der Waals surface area contributed by atoms with E-state index in [2.05, 4.69) is 0 Å². The Hall–Kier alpha value is -1.02. The monoisotopic (exact) mass is 165 g/mol. The van der Waals surface area contributed by atoms with Crippen molar-refractivity contribution < 1.29 is 9.84 Å². The van der Waals surface area contributed by atoms with Crippen molar-refractivity contribution >= 4 is 0 Å². The lowest BCUT2D eigenvalue weighted by molar-refractivity contribution is 0.336. The standard InChI is InChI=1S/C10H13O2/c1-3-12-10-6-4-5-9(7-11)8(10)2/h4-7,11H,3H2,1-2H3. The largest absolute Gasteiger partial charge is 0.494 e. The first-order valence-corrected chi connectivity index (χ1v) is 3.99. The van der Waals surface area contributed by atoms with Crippen LogP contribution in [0.2, 0.25) is 0 Å². The molecule has 0 saturated heterocycles. The third-order valence-corrected chi connectivity index (χ3v) is 1.76. The molecule has 1 aromatic carbocycles. The number of aliphatic hydroxyl groups excluding tert-OH is 1. The molecule has 0 bridgehead atoms. The summed E-state index contributed by atoms with van der Waals surface area (Å²) in [6.07, 6.45) is 0. The van der Waals surface area contributed by atoms with E-state index in [9.17, 15) is 0 Å². The van der Waals surface area contributed by atoms with Crippen LogP contribution in [0.4, 0.5) is 0 Å². The fraction of sp³-hybridized carbons (Fsp3) is 0.300. The Kier molecular flexibility index (Phi) is 3.11. The summed E-state index contributed by atoms with van der Waals surface area (Å²) in [6, 6.07) is 5.60. The molecule has 1 radical (unpaired) electrons. The van der Waals surface area contributed by atoms with Gasteiger partial charge in [-0.1, -0.05) is 12.1 Å². The molecule has 0 heterocycles. The topological polar surface area (TPSA) is 29.5 Å². The predicted octanol–water partition coefficient (Wildman–Crippen LogP) is 2.28. The molecule has 1 N–H and O–H groups in total. The molecule has 65 valence electrons. The first-order valence-electron chi connectivity index (χ1n) is 3.99. The second kappa shape index (κ2) is 4.12. The third-order valence-electron chi connectivity index (χ3n) is 1.76. The minimum atomic E-state index is 0.649. The number of ether oxygens (including phenoxy) is 1. The Morgan fingerprint density at radius 1 is 1.50 bits per heavy atom. The Labute approximate surface area is 72.8 Å². The molecule has 2 nitrogen and oxygen atoms in total. The predicted molar refractivity (Wildman–Crippen MR) is 47.7 cm³/mol. The van der Waals surface area contributed by atoms with Gasteiger partial charge in [-0.3, -0.25) is 0 Å². The van der Waals surface area contributed by atoms with Crippen molar-refractivity contribution in [2.24, 2.45) is 0 Å². The number of benzene rings is 1. The number of aliphatic hydroxyl groups is 1. The summed E-state index contributed by atoms with van der Waals surface area (Å²) in [7, 11) is 0. The average molecular weight is 165 g/mol. The molecular formula is C10H13O2. The van der Waals surface area contributed by atoms with Crippen LogP contribution in [0.1, 0.15) is 18.1 Å². The van der Waals surface area contributed by atoms with Gasteiger partial charge in [0.15, 0.2) is 0 Å². The van der Waals surface area contributed by atoms with E-state index >= 15 is 0 Å². The van der Waals surface area contributed by atoms with E-state index in [1.165, 1.54) is 0 Å². The molecule has 0 aliphatic heterocycles. The van der Waals surface area contributed by atoms with Crippen LogP contribution in [0.5, 0.6) is 5.75 Å². The van der Waals surface area contributed by atoms with Crippen LogP contribution < -0.4 is 4.74 Å².